The molecule has 6 nitrogen and oxygen atoms in total. The van der Waals surface area contributed by atoms with Crippen molar-refractivity contribution in [2.24, 2.45) is 5.92 Å². The first-order chi connectivity index (χ1) is 11.3. The van der Waals surface area contributed by atoms with Crippen LogP contribution in [0.4, 0.5) is 0 Å². The number of nitrogens with one attached hydrogen (secondary N) is 2. The van der Waals surface area contributed by atoms with Gasteiger partial charge in [-0.1, -0.05) is 29.3 Å². The molecular weight excluding hydrogens is 355 g/mol. The molecule has 24 heavy (non-hydrogen) atoms. The van der Waals surface area contributed by atoms with Crippen molar-refractivity contribution in [1.82, 2.24) is 10.6 Å². The van der Waals surface area contributed by atoms with Gasteiger partial charge in [-0.2, -0.15) is 0 Å². The molecule has 1 saturated carbocycles. The summed E-state index contributed by atoms with van der Waals surface area (Å²) in [6.07, 6.45) is 1.56. The lowest BCUT2D eigenvalue weighted by Crippen LogP contribution is -2.47. The standard InChI is InChI=1S/C16H18Cl2N2O4/c1-8(14(21)20-10-6-5-9(7-10)16(23)24)19-15(22)11-3-2-4-12(17)13(11)18/h2-4,8-10H,5-7H2,1H3,(H,19,22)(H,20,21)(H,23,24). The number of amides is 2. The number of rotatable bonds is 5. The van der Waals surface area contributed by atoms with Crippen molar-refractivity contribution in [1.29, 1.82) is 0 Å². The average molecular weight is 373 g/mol. The molecule has 0 aliphatic heterocycles. The zero-order chi connectivity index (χ0) is 17.9. The molecule has 2 rings (SSSR count). The molecule has 130 valence electrons. The highest BCUT2D eigenvalue weighted by Crippen LogP contribution is 2.26. The summed E-state index contributed by atoms with van der Waals surface area (Å²) in [5.41, 5.74) is 0.190. The van der Waals surface area contributed by atoms with Crippen molar-refractivity contribution >= 4 is 41.0 Å². The molecule has 1 aromatic rings. The maximum atomic E-state index is 12.2. The highest BCUT2D eigenvalue weighted by molar-refractivity contribution is 6.43. The van der Waals surface area contributed by atoms with E-state index < -0.39 is 23.8 Å². The number of halogens is 2. The molecule has 1 aliphatic carbocycles. The second-order valence-corrected chi connectivity index (χ2v) is 6.64. The molecule has 8 heteroatoms. The van der Waals surface area contributed by atoms with E-state index in [9.17, 15) is 14.4 Å². The Morgan fingerprint density at radius 3 is 2.58 bits per heavy atom. The van der Waals surface area contributed by atoms with E-state index >= 15 is 0 Å². The fraction of sp³-hybridized carbons (Fsp3) is 0.438. The van der Waals surface area contributed by atoms with Crippen molar-refractivity contribution in [2.75, 3.05) is 0 Å². The Labute approximate surface area is 149 Å². The molecule has 1 aromatic carbocycles. The summed E-state index contributed by atoms with van der Waals surface area (Å²) in [6.45, 7) is 1.55. The summed E-state index contributed by atoms with van der Waals surface area (Å²) in [5.74, 6) is -2.13. The van der Waals surface area contributed by atoms with Crippen LogP contribution in [0.15, 0.2) is 18.2 Å². The normalized spacial score (nSPS) is 21.1. The fourth-order valence-electron chi connectivity index (χ4n) is 2.68. The van der Waals surface area contributed by atoms with Crippen LogP contribution in [0, 0.1) is 5.92 Å². The number of hydrogen-bond acceptors (Lipinski definition) is 3. The molecule has 0 spiro atoms. The van der Waals surface area contributed by atoms with Gasteiger partial charge < -0.3 is 15.7 Å². The van der Waals surface area contributed by atoms with Crippen molar-refractivity contribution in [3.63, 3.8) is 0 Å². The summed E-state index contributed by atoms with van der Waals surface area (Å²) in [5, 5.41) is 14.7. The van der Waals surface area contributed by atoms with E-state index in [-0.39, 0.29) is 27.6 Å². The second kappa shape index (κ2) is 7.85. The largest absolute Gasteiger partial charge is 0.481 e. The number of carboxylic acid groups (broad SMARTS) is 1. The Kier molecular flexibility index (Phi) is 6.07. The van der Waals surface area contributed by atoms with Gasteiger partial charge in [0.15, 0.2) is 0 Å². The molecule has 1 aliphatic rings. The van der Waals surface area contributed by atoms with Crippen LogP contribution in [0.2, 0.25) is 10.0 Å². The summed E-state index contributed by atoms with van der Waals surface area (Å²) in [6, 6.07) is 3.71. The van der Waals surface area contributed by atoms with Gasteiger partial charge in [-0.3, -0.25) is 14.4 Å². The van der Waals surface area contributed by atoms with Crippen LogP contribution in [0.3, 0.4) is 0 Å². The number of benzene rings is 1. The van der Waals surface area contributed by atoms with Crippen LogP contribution in [0.1, 0.15) is 36.5 Å². The number of carbonyl (C=O) groups is 3. The third-order valence-electron chi connectivity index (χ3n) is 4.07. The van der Waals surface area contributed by atoms with Gasteiger partial charge in [-0.05, 0) is 38.3 Å². The SMILES string of the molecule is CC(NC(=O)c1cccc(Cl)c1Cl)C(=O)NC1CCC(C(=O)O)C1. The molecular formula is C16H18Cl2N2O4. The molecule has 0 heterocycles. The minimum atomic E-state index is -0.844. The molecule has 0 bridgehead atoms. The smallest absolute Gasteiger partial charge is 0.306 e. The Morgan fingerprint density at radius 1 is 1.25 bits per heavy atom. The molecule has 3 N–H and O–H groups in total. The first-order valence-corrected chi connectivity index (χ1v) is 8.33. The van der Waals surface area contributed by atoms with Crippen LogP contribution in [0.5, 0.6) is 0 Å². The molecule has 0 aromatic heterocycles. The van der Waals surface area contributed by atoms with Gasteiger partial charge in [-0.25, -0.2) is 0 Å². The number of carbonyl (C=O) groups excluding carboxylic acids is 2. The van der Waals surface area contributed by atoms with E-state index in [1.807, 2.05) is 0 Å². The minimum absolute atomic E-state index is 0.129. The third kappa shape index (κ3) is 4.39. The van der Waals surface area contributed by atoms with Gasteiger partial charge in [0, 0.05) is 6.04 Å². The highest BCUT2D eigenvalue weighted by Gasteiger charge is 2.31. The highest BCUT2D eigenvalue weighted by atomic mass is 35.5. The lowest BCUT2D eigenvalue weighted by atomic mass is 10.1. The molecule has 3 atom stereocenters. The first kappa shape index (κ1) is 18.5. The molecule has 2 amide bonds. The monoisotopic (exact) mass is 372 g/mol. The van der Waals surface area contributed by atoms with Crippen LogP contribution in [0.25, 0.3) is 0 Å². The molecule has 0 radical (unpaired) electrons. The van der Waals surface area contributed by atoms with Gasteiger partial charge in [0.25, 0.3) is 5.91 Å². The van der Waals surface area contributed by atoms with Crippen molar-refractivity contribution in [2.45, 2.75) is 38.3 Å². The van der Waals surface area contributed by atoms with Crippen LogP contribution < -0.4 is 10.6 Å². The lowest BCUT2D eigenvalue weighted by molar-refractivity contribution is -0.141. The Hall–Kier alpha value is -1.79. The quantitative estimate of drug-likeness (QED) is 0.739. The van der Waals surface area contributed by atoms with Crippen LogP contribution in [-0.4, -0.2) is 35.0 Å². The summed E-state index contributed by atoms with van der Waals surface area (Å²) in [4.78, 5) is 35.3. The van der Waals surface area contributed by atoms with E-state index in [0.29, 0.717) is 19.3 Å². The molecule has 3 unspecified atom stereocenters. The zero-order valence-electron chi connectivity index (χ0n) is 13.0. The van der Waals surface area contributed by atoms with Crippen molar-refractivity contribution in [3.8, 4) is 0 Å². The van der Waals surface area contributed by atoms with Gasteiger partial charge in [0.05, 0.1) is 21.5 Å². The van der Waals surface area contributed by atoms with Crippen LogP contribution >= 0.6 is 23.2 Å². The van der Waals surface area contributed by atoms with Gasteiger partial charge in [0.2, 0.25) is 5.91 Å². The van der Waals surface area contributed by atoms with E-state index in [1.54, 1.807) is 19.1 Å². The zero-order valence-corrected chi connectivity index (χ0v) is 14.5. The number of carboxylic acids is 1. The molecule has 0 saturated heterocycles. The number of hydrogen-bond donors (Lipinski definition) is 3. The lowest BCUT2D eigenvalue weighted by Gasteiger charge is -2.18. The number of aliphatic carboxylic acids is 1. The topological polar surface area (TPSA) is 95.5 Å². The Bertz CT molecular complexity index is 665. The van der Waals surface area contributed by atoms with E-state index in [4.69, 9.17) is 28.3 Å². The third-order valence-corrected chi connectivity index (χ3v) is 4.88. The van der Waals surface area contributed by atoms with Crippen molar-refractivity contribution < 1.29 is 19.5 Å². The molecule has 1 fully saturated rings. The van der Waals surface area contributed by atoms with E-state index in [1.165, 1.54) is 6.07 Å². The second-order valence-electron chi connectivity index (χ2n) is 5.85. The maximum Gasteiger partial charge on any atom is 0.306 e. The maximum absolute atomic E-state index is 12.2. The predicted octanol–water partition coefficient (Wildman–Crippen LogP) is 2.48. The summed E-state index contributed by atoms with van der Waals surface area (Å²) in [7, 11) is 0. The Morgan fingerprint density at radius 2 is 1.96 bits per heavy atom. The van der Waals surface area contributed by atoms with Gasteiger partial charge >= 0.3 is 5.97 Å². The fourth-order valence-corrected chi connectivity index (χ4v) is 3.07. The van der Waals surface area contributed by atoms with E-state index in [0.717, 1.165) is 0 Å². The summed E-state index contributed by atoms with van der Waals surface area (Å²) >= 11 is 11.9. The average Bonchev–Trinajstić information content (AvgIpc) is 2.98. The van der Waals surface area contributed by atoms with E-state index in [2.05, 4.69) is 10.6 Å². The van der Waals surface area contributed by atoms with Crippen molar-refractivity contribution in [3.05, 3.63) is 33.8 Å². The summed E-state index contributed by atoms with van der Waals surface area (Å²) < 4.78 is 0. The minimum Gasteiger partial charge on any atom is -0.481 e. The Balaban J connectivity index is 1.91. The van der Waals surface area contributed by atoms with Crippen LogP contribution in [-0.2, 0) is 9.59 Å². The van der Waals surface area contributed by atoms with Gasteiger partial charge in [0.1, 0.15) is 6.04 Å². The predicted molar refractivity (Wildman–Crippen MR) is 90.3 cm³/mol. The first-order valence-electron chi connectivity index (χ1n) is 7.57. The van der Waals surface area contributed by atoms with Gasteiger partial charge in [-0.15, -0.1) is 0 Å².